The van der Waals surface area contributed by atoms with E-state index < -0.39 is 16.1 Å². The van der Waals surface area contributed by atoms with Crippen molar-refractivity contribution in [2.24, 2.45) is 4.40 Å². The van der Waals surface area contributed by atoms with Crippen molar-refractivity contribution < 1.29 is 14.0 Å². The standard InChI is InChI=1S/C17H21ClN2O3S/c1-10(20-24(21)17(2,3)4)12-7-11-8-13(18)15(22-5)9-14(11)19-16(12)23-6/h7-9H,1-6H3/t24-/m1/s1. The van der Waals surface area contributed by atoms with Crippen LogP contribution in [-0.4, -0.2) is 34.2 Å². The molecule has 0 amide bonds. The van der Waals surface area contributed by atoms with Crippen molar-refractivity contribution in [3.05, 3.63) is 28.8 Å². The molecule has 24 heavy (non-hydrogen) atoms. The molecule has 0 saturated carbocycles. The first-order valence-electron chi connectivity index (χ1n) is 7.37. The summed E-state index contributed by atoms with van der Waals surface area (Å²) in [6.07, 6.45) is 0. The number of aromatic nitrogens is 1. The summed E-state index contributed by atoms with van der Waals surface area (Å²) in [5.41, 5.74) is 1.98. The maximum Gasteiger partial charge on any atom is 0.223 e. The molecule has 1 aromatic carbocycles. The number of benzene rings is 1. The van der Waals surface area contributed by atoms with Crippen LogP contribution in [0.3, 0.4) is 0 Å². The summed E-state index contributed by atoms with van der Waals surface area (Å²) in [5, 5.41) is 1.32. The van der Waals surface area contributed by atoms with Crippen LogP contribution in [0.1, 0.15) is 33.3 Å². The molecule has 0 radical (unpaired) electrons. The highest BCUT2D eigenvalue weighted by Gasteiger charge is 2.27. The zero-order valence-corrected chi connectivity index (χ0v) is 16.2. The van der Waals surface area contributed by atoms with E-state index in [9.17, 15) is 4.55 Å². The van der Waals surface area contributed by atoms with Crippen LogP contribution in [0.5, 0.6) is 11.6 Å². The minimum Gasteiger partial charge on any atom is -0.591 e. The molecule has 0 aliphatic rings. The average molecular weight is 369 g/mol. The van der Waals surface area contributed by atoms with Gasteiger partial charge >= 0.3 is 0 Å². The number of pyridine rings is 1. The van der Waals surface area contributed by atoms with Crippen LogP contribution in [0, 0.1) is 0 Å². The smallest absolute Gasteiger partial charge is 0.223 e. The summed E-state index contributed by atoms with van der Waals surface area (Å²) >= 11 is 4.83. The Labute approximate surface area is 150 Å². The van der Waals surface area contributed by atoms with Crippen molar-refractivity contribution in [3.63, 3.8) is 0 Å². The molecule has 1 atom stereocenters. The molecular formula is C17H21ClN2O3S. The molecule has 0 spiro atoms. The molecule has 2 rings (SSSR count). The Kier molecular flexibility index (Phi) is 5.63. The van der Waals surface area contributed by atoms with Crippen LogP contribution in [0.15, 0.2) is 22.6 Å². The van der Waals surface area contributed by atoms with Gasteiger partial charge in [-0.05, 0) is 39.8 Å². The van der Waals surface area contributed by atoms with Crippen molar-refractivity contribution in [1.82, 2.24) is 4.98 Å². The van der Waals surface area contributed by atoms with Crippen LogP contribution < -0.4 is 9.47 Å². The lowest BCUT2D eigenvalue weighted by Gasteiger charge is -2.19. The van der Waals surface area contributed by atoms with Gasteiger partial charge in [-0.1, -0.05) is 16.0 Å². The molecule has 0 aliphatic heterocycles. The number of ether oxygens (including phenoxy) is 2. The number of nitrogens with zero attached hydrogens (tertiary/aromatic N) is 2. The average Bonchev–Trinajstić information content (AvgIpc) is 2.51. The minimum atomic E-state index is -1.36. The summed E-state index contributed by atoms with van der Waals surface area (Å²) < 4.78 is 26.7. The Morgan fingerprint density at radius 3 is 2.42 bits per heavy atom. The normalized spacial score (nSPS) is 13.9. The summed E-state index contributed by atoms with van der Waals surface area (Å²) in [4.78, 5) is 4.49. The summed E-state index contributed by atoms with van der Waals surface area (Å²) in [6, 6.07) is 5.41. The predicted molar refractivity (Wildman–Crippen MR) is 100.0 cm³/mol. The third-order valence-corrected chi connectivity index (χ3v) is 5.16. The molecule has 0 bridgehead atoms. The Balaban J connectivity index is 2.59. The van der Waals surface area contributed by atoms with Crippen LogP contribution in [-0.2, 0) is 11.4 Å². The fourth-order valence-electron chi connectivity index (χ4n) is 2.04. The molecule has 0 fully saturated rings. The number of rotatable bonds is 4. The molecule has 0 saturated heterocycles. The SMILES string of the molecule is COc1cc2nc(OC)c(C(C)=N[S@+]([O-])C(C)(C)C)cc2cc1Cl. The number of fused-ring (bicyclic) bond motifs is 1. The van der Waals surface area contributed by atoms with Gasteiger partial charge < -0.3 is 14.0 Å². The zero-order chi connectivity index (χ0) is 18.1. The second-order valence-corrected chi connectivity index (χ2v) is 8.58. The maximum absolute atomic E-state index is 12.3. The van der Waals surface area contributed by atoms with E-state index in [4.69, 9.17) is 21.1 Å². The van der Waals surface area contributed by atoms with Crippen molar-refractivity contribution >= 4 is 39.6 Å². The van der Waals surface area contributed by atoms with E-state index >= 15 is 0 Å². The van der Waals surface area contributed by atoms with Gasteiger partial charge in [0.2, 0.25) is 5.88 Å². The van der Waals surface area contributed by atoms with Gasteiger partial charge in [0, 0.05) is 11.5 Å². The lowest BCUT2D eigenvalue weighted by molar-refractivity contribution is 0.398. The fourth-order valence-corrected chi connectivity index (χ4v) is 2.91. The minimum absolute atomic E-state index is 0.416. The summed E-state index contributed by atoms with van der Waals surface area (Å²) in [6.45, 7) is 7.42. The Hall–Kier alpha value is -1.50. The third kappa shape index (κ3) is 3.94. The lowest BCUT2D eigenvalue weighted by Crippen LogP contribution is -2.26. The van der Waals surface area contributed by atoms with Crippen LogP contribution in [0.4, 0.5) is 0 Å². The zero-order valence-electron chi connectivity index (χ0n) is 14.6. The highest BCUT2D eigenvalue weighted by Crippen LogP contribution is 2.32. The van der Waals surface area contributed by atoms with E-state index in [1.807, 2.05) is 26.8 Å². The first kappa shape index (κ1) is 18.8. The Bertz CT molecular complexity index is 787. The van der Waals surface area contributed by atoms with E-state index in [1.165, 1.54) is 0 Å². The van der Waals surface area contributed by atoms with Gasteiger partial charge in [0.25, 0.3) is 0 Å². The molecule has 1 aromatic heterocycles. The van der Waals surface area contributed by atoms with Crippen molar-refractivity contribution in [3.8, 4) is 11.6 Å². The van der Waals surface area contributed by atoms with Crippen molar-refractivity contribution in [2.45, 2.75) is 32.4 Å². The van der Waals surface area contributed by atoms with Crippen molar-refractivity contribution in [2.75, 3.05) is 14.2 Å². The van der Waals surface area contributed by atoms with Gasteiger partial charge in [-0.15, -0.1) is 0 Å². The quantitative estimate of drug-likeness (QED) is 0.599. The van der Waals surface area contributed by atoms with Crippen LogP contribution in [0.25, 0.3) is 10.9 Å². The van der Waals surface area contributed by atoms with E-state index in [2.05, 4.69) is 9.38 Å². The maximum atomic E-state index is 12.3. The van der Waals surface area contributed by atoms with Gasteiger partial charge in [-0.3, -0.25) is 0 Å². The highest BCUT2D eigenvalue weighted by molar-refractivity contribution is 7.91. The van der Waals surface area contributed by atoms with E-state index in [0.29, 0.717) is 33.4 Å². The van der Waals surface area contributed by atoms with Gasteiger partial charge in [0.1, 0.15) is 27.6 Å². The molecule has 0 unspecified atom stereocenters. The second kappa shape index (κ2) is 7.17. The number of hydrogen-bond donors (Lipinski definition) is 0. The van der Waals surface area contributed by atoms with Gasteiger partial charge in [0.05, 0.1) is 30.3 Å². The molecule has 1 heterocycles. The first-order chi connectivity index (χ1) is 11.2. The number of hydrogen-bond acceptors (Lipinski definition) is 5. The largest absolute Gasteiger partial charge is 0.591 e. The Morgan fingerprint density at radius 2 is 1.88 bits per heavy atom. The van der Waals surface area contributed by atoms with Gasteiger partial charge in [-0.25, -0.2) is 4.98 Å². The monoisotopic (exact) mass is 368 g/mol. The molecule has 2 aromatic rings. The van der Waals surface area contributed by atoms with Gasteiger partial charge in [0.15, 0.2) is 0 Å². The number of methoxy groups -OCH3 is 2. The summed E-state index contributed by atoms with van der Waals surface area (Å²) in [7, 11) is 3.09. The molecule has 7 heteroatoms. The number of halogens is 1. The van der Waals surface area contributed by atoms with Crippen LogP contribution >= 0.6 is 11.6 Å². The van der Waals surface area contributed by atoms with Gasteiger partial charge in [-0.2, -0.15) is 0 Å². The topological polar surface area (TPSA) is 66.8 Å². The highest BCUT2D eigenvalue weighted by atomic mass is 35.5. The predicted octanol–water partition coefficient (Wildman–Crippen LogP) is 4.18. The molecule has 0 N–H and O–H groups in total. The lowest BCUT2D eigenvalue weighted by atomic mass is 10.1. The molecular weight excluding hydrogens is 348 g/mol. The first-order valence-corrected chi connectivity index (χ1v) is 8.85. The van der Waals surface area contributed by atoms with E-state index in [0.717, 1.165) is 5.39 Å². The van der Waals surface area contributed by atoms with Crippen molar-refractivity contribution in [1.29, 1.82) is 0 Å². The molecule has 5 nitrogen and oxygen atoms in total. The molecule has 130 valence electrons. The third-order valence-electron chi connectivity index (χ3n) is 3.38. The summed E-state index contributed by atoms with van der Waals surface area (Å²) in [5.74, 6) is 0.963. The van der Waals surface area contributed by atoms with E-state index in [1.54, 1.807) is 33.3 Å². The second-order valence-electron chi connectivity index (χ2n) is 6.26. The van der Waals surface area contributed by atoms with E-state index in [-0.39, 0.29) is 0 Å². The fraction of sp³-hybridized carbons (Fsp3) is 0.412. The molecule has 0 aliphatic carbocycles. The van der Waals surface area contributed by atoms with Crippen LogP contribution in [0.2, 0.25) is 5.02 Å². The Morgan fingerprint density at radius 1 is 1.21 bits per heavy atom.